The molecule has 0 aromatic heterocycles. The van der Waals surface area contributed by atoms with Crippen LogP contribution in [-0.4, -0.2) is 17.2 Å². The molecule has 2 aliphatic carbocycles. The summed E-state index contributed by atoms with van der Waals surface area (Å²) < 4.78 is 5.95. The lowest BCUT2D eigenvalue weighted by Crippen LogP contribution is -2.26. The van der Waals surface area contributed by atoms with E-state index in [0.29, 0.717) is 5.75 Å². The fourth-order valence-corrected chi connectivity index (χ4v) is 3.47. The standard InChI is InChI=1S/C15H18O3/c16-15(17)13-3-1-2-4-14(13)18-12-8-10-5-6-11(7-10)9-12/h1-4,10-12H,5-9H2,(H,16,17)/t10-,11+,12-. The Hall–Kier alpha value is -1.51. The van der Waals surface area contributed by atoms with Crippen molar-refractivity contribution in [3.8, 4) is 5.75 Å². The van der Waals surface area contributed by atoms with E-state index in [1.807, 2.05) is 6.07 Å². The number of benzene rings is 1. The van der Waals surface area contributed by atoms with Gasteiger partial charge in [-0.1, -0.05) is 25.0 Å². The Balaban J connectivity index is 1.75. The molecular weight excluding hydrogens is 228 g/mol. The van der Waals surface area contributed by atoms with Crippen molar-refractivity contribution >= 4 is 5.97 Å². The second-order valence-corrected chi connectivity index (χ2v) is 5.56. The molecular formula is C15H18O3. The molecule has 1 aromatic carbocycles. The zero-order valence-electron chi connectivity index (χ0n) is 10.3. The summed E-state index contributed by atoms with van der Waals surface area (Å²) in [4.78, 5) is 11.1. The molecule has 0 aliphatic heterocycles. The van der Waals surface area contributed by atoms with Gasteiger partial charge in [0.1, 0.15) is 11.3 Å². The molecule has 0 amide bonds. The first-order valence-electron chi connectivity index (χ1n) is 6.71. The number of carbonyl (C=O) groups is 1. The number of ether oxygens (including phenoxy) is 1. The average molecular weight is 246 g/mol. The van der Waals surface area contributed by atoms with Crippen LogP contribution in [0, 0.1) is 11.8 Å². The van der Waals surface area contributed by atoms with Crippen LogP contribution in [0.5, 0.6) is 5.75 Å². The fourth-order valence-electron chi connectivity index (χ4n) is 3.47. The van der Waals surface area contributed by atoms with Crippen LogP contribution < -0.4 is 4.74 Å². The van der Waals surface area contributed by atoms with Gasteiger partial charge in [0.05, 0.1) is 6.10 Å². The Bertz CT molecular complexity index is 443. The van der Waals surface area contributed by atoms with Crippen molar-refractivity contribution in [1.29, 1.82) is 0 Å². The molecule has 0 unspecified atom stereocenters. The summed E-state index contributed by atoms with van der Waals surface area (Å²) in [6.07, 6.45) is 6.38. The van der Waals surface area contributed by atoms with Gasteiger partial charge < -0.3 is 9.84 Å². The average Bonchev–Trinajstić information content (AvgIpc) is 2.69. The Morgan fingerprint density at radius 2 is 1.78 bits per heavy atom. The van der Waals surface area contributed by atoms with Gasteiger partial charge in [0.15, 0.2) is 0 Å². The first kappa shape index (κ1) is 11.6. The number of hydrogen-bond acceptors (Lipinski definition) is 2. The zero-order chi connectivity index (χ0) is 12.5. The van der Waals surface area contributed by atoms with E-state index in [-0.39, 0.29) is 11.7 Å². The van der Waals surface area contributed by atoms with Gasteiger partial charge in [0.2, 0.25) is 0 Å². The maximum atomic E-state index is 11.1. The summed E-state index contributed by atoms with van der Waals surface area (Å²) in [6, 6.07) is 6.94. The van der Waals surface area contributed by atoms with Gasteiger partial charge in [0, 0.05) is 0 Å². The quantitative estimate of drug-likeness (QED) is 0.889. The van der Waals surface area contributed by atoms with Crippen LogP contribution in [0.25, 0.3) is 0 Å². The molecule has 3 heteroatoms. The lowest BCUT2D eigenvalue weighted by atomic mass is 9.87. The van der Waals surface area contributed by atoms with Crippen LogP contribution in [0.15, 0.2) is 24.3 Å². The molecule has 0 radical (unpaired) electrons. The molecule has 96 valence electrons. The lowest BCUT2D eigenvalue weighted by molar-refractivity contribution is 0.0681. The number of para-hydroxylation sites is 1. The van der Waals surface area contributed by atoms with E-state index in [4.69, 9.17) is 9.84 Å². The molecule has 0 saturated heterocycles. The predicted molar refractivity (Wildman–Crippen MR) is 67.9 cm³/mol. The monoisotopic (exact) mass is 246 g/mol. The maximum absolute atomic E-state index is 11.1. The normalized spacial score (nSPS) is 30.1. The molecule has 0 heterocycles. The van der Waals surface area contributed by atoms with Gasteiger partial charge >= 0.3 is 5.97 Å². The summed E-state index contributed by atoms with van der Waals surface area (Å²) in [6.45, 7) is 0. The molecule has 18 heavy (non-hydrogen) atoms. The fraction of sp³-hybridized carbons (Fsp3) is 0.533. The van der Waals surface area contributed by atoms with Gasteiger partial charge in [-0.2, -0.15) is 0 Å². The third-order valence-corrected chi connectivity index (χ3v) is 4.25. The zero-order valence-corrected chi connectivity index (χ0v) is 10.3. The third kappa shape index (κ3) is 2.22. The van der Waals surface area contributed by atoms with Crippen molar-refractivity contribution in [2.75, 3.05) is 0 Å². The van der Waals surface area contributed by atoms with Gasteiger partial charge in [-0.3, -0.25) is 0 Å². The van der Waals surface area contributed by atoms with E-state index in [1.165, 1.54) is 19.3 Å². The van der Waals surface area contributed by atoms with Crippen molar-refractivity contribution in [1.82, 2.24) is 0 Å². The second kappa shape index (κ2) is 4.63. The van der Waals surface area contributed by atoms with E-state index in [2.05, 4.69) is 0 Å². The highest BCUT2D eigenvalue weighted by atomic mass is 16.5. The van der Waals surface area contributed by atoms with E-state index >= 15 is 0 Å². The summed E-state index contributed by atoms with van der Waals surface area (Å²) in [5.41, 5.74) is 0.274. The molecule has 2 bridgehead atoms. The van der Waals surface area contributed by atoms with Crippen molar-refractivity contribution < 1.29 is 14.6 Å². The Morgan fingerprint density at radius 1 is 1.11 bits per heavy atom. The van der Waals surface area contributed by atoms with Crippen LogP contribution in [0.4, 0.5) is 0 Å². The number of carboxylic acid groups (broad SMARTS) is 1. The van der Waals surface area contributed by atoms with E-state index in [9.17, 15) is 4.79 Å². The van der Waals surface area contributed by atoms with E-state index < -0.39 is 5.97 Å². The molecule has 1 N–H and O–H groups in total. The molecule has 2 saturated carbocycles. The third-order valence-electron chi connectivity index (χ3n) is 4.25. The van der Waals surface area contributed by atoms with Crippen LogP contribution >= 0.6 is 0 Å². The van der Waals surface area contributed by atoms with Crippen LogP contribution in [0.1, 0.15) is 42.5 Å². The minimum absolute atomic E-state index is 0.205. The van der Waals surface area contributed by atoms with Crippen LogP contribution in [0.2, 0.25) is 0 Å². The highest BCUT2D eigenvalue weighted by Gasteiger charge is 2.35. The van der Waals surface area contributed by atoms with E-state index in [0.717, 1.165) is 24.7 Å². The van der Waals surface area contributed by atoms with Crippen molar-refractivity contribution in [2.24, 2.45) is 11.8 Å². The van der Waals surface area contributed by atoms with Gasteiger partial charge in [-0.25, -0.2) is 4.79 Å². The Kier molecular flexibility index (Phi) is 2.98. The van der Waals surface area contributed by atoms with Crippen LogP contribution in [0.3, 0.4) is 0 Å². The van der Waals surface area contributed by atoms with E-state index in [1.54, 1.807) is 18.2 Å². The smallest absolute Gasteiger partial charge is 0.339 e. The summed E-state index contributed by atoms with van der Waals surface area (Å²) >= 11 is 0. The first-order valence-corrected chi connectivity index (χ1v) is 6.71. The second-order valence-electron chi connectivity index (χ2n) is 5.56. The predicted octanol–water partition coefficient (Wildman–Crippen LogP) is 3.34. The maximum Gasteiger partial charge on any atom is 0.339 e. The number of fused-ring (bicyclic) bond motifs is 2. The number of hydrogen-bond donors (Lipinski definition) is 1. The minimum atomic E-state index is -0.913. The topological polar surface area (TPSA) is 46.5 Å². The van der Waals surface area contributed by atoms with Crippen molar-refractivity contribution in [3.63, 3.8) is 0 Å². The van der Waals surface area contributed by atoms with Crippen molar-refractivity contribution in [2.45, 2.75) is 38.2 Å². The molecule has 3 rings (SSSR count). The summed E-state index contributed by atoms with van der Waals surface area (Å²) in [5, 5.41) is 9.13. The lowest BCUT2D eigenvalue weighted by Gasteiger charge is -2.28. The molecule has 0 spiro atoms. The van der Waals surface area contributed by atoms with Crippen LogP contribution in [-0.2, 0) is 0 Å². The van der Waals surface area contributed by atoms with Gasteiger partial charge in [-0.15, -0.1) is 0 Å². The summed E-state index contributed by atoms with van der Waals surface area (Å²) in [7, 11) is 0. The molecule has 2 aliphatic rings. The Morgan fingerprint density at radius 3 is 2.44 bits per heavy atom. The molecule has 3 atom stereocenters. The minimum Gasteiger partial charge on any atom is -0.490 e. The highest BCUT2D eigenvalue weighted by molar-refractivity contribution is 5.90. The largest absolute Gasteiger partial charge is 0.490 e. The molecule has 1 aromatic rings. The SMILES string of the molecule is O=C(O)c1ccccc1O[C@@H]1C[C@@H]2CC[C@@H](C2)C1. The Labute approximate surface area is 107 Å². The number of aromatic carboxylic acids is 1. The van der Waals surface area contributed by atoms with Crippen molar-refractivity contribution in [3.05, 3.63) is 29.8 Å². The first-order chi connectivity index (χ1) is 8.72. The number of carboxylic acids is 1. The highest BCUT2D eigenvalue weighted by Crippen LogP contribution is 2.43. The van der Waals surface area contributed by atoms with Gasteiger partial charge in [-0.05, 0) is 43.2 Å². The molecule has 2 fully saturated rings. The summed E-state index contributed by atoms with van der Waals surface area (Å²) in [5.74, 6) is 1.21. The van der Waals surface area contributed by atoms with Gasteiger partial charge in [0.25, 0.3) is 0 Å². The molecule has 3 nitrogen and oxygen atoms in total. The number of rotatable bonds is 3.